The highest BCUT2D eigenvalue weighted by Gasteiger charge is 2.26. The van der Waals surface area contributed by atoms with Crippen LogP contribution in [0, 0.1) is 5.92 Å². The maximum absolute atomic E-state index is 12.7. The van der Waals surface area contributed by atoms with Gasteiger partial charge >= 0.3 is 6.09 Å². The number of aromatic nitrogens is 1. The third kappa shape index (κ3) is 5.20. The van der Waals surface area contributed by atoms with E-state index in [1.807, 2.05) is 45.0 Å². The van der Waals surface area contributed by atoms with Crippen molar-refractivity contribution in [2.45, 2.75) is 33.2 Å². The molecule has 1 aliphatic rings. The van der Waals surface area contributed by atoms with Gasteiger partial charge in [-0.3, -0.25) is 9.69 Å². The number of anilines is 1. The van der Waals surface area contributed by atoms with E-state index < -0.39 is 0 Å². The number of para-hydroxylation sites is 1. The first-order chi connectivity index (χ1) is 13.4. The van der Waals surface area contributed by atoms with E-state index in [1.165, 1.54) is 11.3 Å². The molecule has 1 saturated heterocycles. The first kappa shape index (κ1) is 20.5. The van der Waals surface area contributed by atoms with Gasteiger partial charge in [0.2, 0.25) is 5.91 Å². The van der Waals surface area contributed by atoms with E-state index >= 15 is 0 Å². The fraction of sp³-hybridized carbons (Fsp3) is 0.550. The maximum atomic E-state index is 12.7. The predicted molar refractivity (Wildman–Crippen MR) is 112 cm³/mol. The van der Waals surface area contributed by atoms with Gasteiger partial charge in [-0.2, -0.15) is 0 Å². The zero-order chi connectivity index (χ0) is 20.1. The van der Waals surface area contributed by atoms with Crippen molar-refractivity contribution in [2.75, 3.05) is 38.1 Å². The maximum Gasteiger partial charge on any atom is 0.409 e. The Balaban J connectivity index is 1.54. The minimum atomic E-state index is -0.293. The molecule has 1 aromatic carbocycles. The molecule has 2 amide bonds. The Bertz CT molecular complexity index is 790. The van der Waals surface area contributed by atoms with E-state index in [0.29, 0.717) is 37.3 Å². The molecule has 152 valence electrons. The highest BCUT2D eigenvalue weighted by atomic mass is 32.1. The molecule has 0 radical (unpaired) electrons. The van der Waals surface area contributed by atoms with E-state index in [0.717, 1.165) is 23.2 Å². The van der Waals surface area contributed by atoms with Gasteiger partial charge in [-0.15, -0.1) is 0 Å². The van der Waals surface area contributed by atoms with Crippen molar-refractivity contribution in [3.05, 3.63) is 24.3 Å². The van der Waals surface area contributed by atoms with Crippen LogP contribution >= 0.6 is 11.3 Å². The summed E-state index contributed by atoms with van der Waals surface area (Å²) in [4.78, 5) is 33.2. The lowest BCUT2D eigenvalue weighted by molar-refractivity contribution is -0.120. The van der Waals surface area contributed by atoms with Crippen molar-refractivity contribution in [1.29, 1.82) is 0 Å². The second-order valence-electron chi connectivity index (χ2n) is 7.50. The Labute approximate surface area is 169 Å². The van der Waals surface area contributed by atoms with E-state index in [1.54, 1.807) is 4.90 Å². The number of hydrogen-bond donors (Lipinski definition) is 1. The second-order valence-corrected chi connectivity index (χ2v) is 8.53. The molecule has 1 fully saturated rings. The second kappa shape index (κ2) is 9.34. The van der Waals surface area contributed by atoms with Crippen LogP contribution in [0.1, 0.15) is 27.2 Å². The van der Waals surface area contributed by atoms with Crippen LogP contribution in [0.5, 0.6) is 0 Å². The van der Waals surface area contributed by atoms with E-state index in [-0.39, 0.29) is 18.0 Å². The molecule has 1 unspecified atom stereocenters. The highest BCUT2D eigenvalue weighted by Crippen LogP contribution is 2.25. The van der Waals surface area contributed by atoms with Crippen molar-refractivity contribution < 1.29 is 14.3 Å². The summed E-state index contributed by atoms with van der Waals surface area (Å²) in [5.74, 6) is 0.244. The van der Waals surface area contributed by atoms with Crippen molar-refractivity contribution in [3.8, 4) is 0 Å². The molecule has 2 heterocycles. The molecule has 7 nitrogen and oxygen atoms in total. The van der Waals surface area contributed by atoms with Crippen LogP contribution in [0.3, 0.4) is 0 Å². The number of ether oxygens (including phenoxy) is 1. The molecule has 1 N–H and O–H groups in total. The average Bonchev–Trinajstić information content (AvgIpc) is 2.91. The van der Waals surface area contributed by atoms with Gasteiger partial charge in [0.1, 0.15) is 0 Å². The van der Waals surface area contributed by atoms with Gasteiger partial charge in [0.25, 0.3) is 0 Å². The van der Waals surface area contributed by atoms with Crippen LogP contribution in [0.15, 0.2) is 24.3 Å². The summed E-state index contributed by atoms with van der Waals surface area (Å²) in [7, 11) is 0. The summed E-state index contributed by atoms with van der Waals surface area (Å²) in [5.41, 5.74) is 0.890. The Kier molecular flexibility index (Phi) is 6.85. The van der Waals surface area contributed by atoms with Crippen LogP contribution < -0.4 is 5.32 Å². The molecule has 1 aliphatic heterocycles. The summed E-state index contributed by atoms with van der Waals surface area (Å²) in [5, 5.41) is 3.55. The SMILES string of the molecule is CC(C)COC(=O)N1CCCN(C(C)C(=O)Nc2nc3ccccc3s2)CC1. The summed E-state index contributed by atoms with van der Waals surface area (Å²) < 4.78 is 6.38. The average molecular weight is 405 g/mol. The highest BCUT2D eigenvalue weighted by molar-refractivity contribution is 7.22. The van der Waals surface area contributed by atoms with Gasteiger partial charge in [-0.25, -0.2) is 9.78 Å². The minimum Gasteiger partial charge on any atom is -0.449 e. The van der Waals surface area contributed by atoms with E-state index in [9.17, 15) is 9.59 Å². The van der Waals surface area contributed by atoms with Crippen molar-refractivity contribution in [3.63, 3.8) is 0 Å². The number of thiazole rings is 1. The van der Waals surface area contributed by atoms with Crippen molar-refractivity contribution in [1.82, 2.24) is 14.8 Å². The van der Waals surface area contributed by atoms with Crippen molar-refractivity contribution in [2.24, 2.45) is 5.92 Å². The zero-order valence-corrected chi connectivity index (χ0v) is 17.5. The fourth-order valence-electron chi connectivity index (χ4n) is 3.14. The van der Waals surface area contributed by atoms with Gasteiger partial charge in [0.15, 0.2) is 5.13 Å². The molecule has 28 heavy (non-hydrogen) atoms. The molecule has 3 rings (SSSR count). The summed E-state index contributed by atoms with van der Waals surface area (Å²) in [6.07, 6.45) is 0.553. The number of hydrogen-bond acceptors (Lipinski definition) is 6. The van der Waals surface area contributed by atoms with Gasteiger partial charge in [0, 0.05) is 26.2 Å². The Morgan fingerprint density at radius 1 is 1.18 bits per heavy atom. The van der Waals surface area contributed by atoms with Gasteiger partial charge < -0.3 is 15.0 Å². The Morgan fingerprint density at radius 3 is 2.71 bits per heavy atom. The third-order valence-electron chi connectivity index (χ3n) is 4.78. The molecule has 0 aliphatic carbocycles. The minimum absolute atomic E-state index is 0.0742. The number of carbonyl (C=O) groups excluding carboxylic acids is 2. The lowest BCUT2D eigenvalue weighted by Crippen LogP contribution is -2.44. The summed E-state index contributed by atoms with van der Waals surface area (Å²) in [6, 6.07) is 7.54. The number of rotatable bonds is 5. The predicted octanol–water partition coefficient (Wildman–Crippen LogP) is 3.42. The topological polar surface area (TPSA) is 74.8 Å². The standard InChI is InChI=1S/C20H28N4O3S/c1-14(2)13-27-20(26)24-10-6-9-23(11-12-24)15(3)18(25)22-19-21-16-7-4-5-8-17(16)28-19/h4-5,7-8,14-15H,6,9-13H2,1-3H3,(H,21,22,25). The molecule has 8 heteroatoms. The summed E-state index contributed by atoms with van der Waals surface area (Å²) in [6.45, 7) is 8.99. The lowest BCUT2D eigenvalue weighted by Gasteiger charge is -2.26. The monoisotopic (exact) mass is 404 g/mol. The first-order valence-electron chi connectivity index (χ1n) is 9.76. The normalized spacial score (nSPS) is 16.8. The fourth-order valence-corrected chi connectivity index (χ4v) is 4.01. The Hall–Kier alpha value is -2.19. The number of benzene rings is 1. The first-order valence-corrected chi connectivity index (χ1v) is 10.6. The number of nitrogens with one attached hydrogen (secondary N) is 1. The molecular formula is C20H28N4O3S. The lowest BCUT2D eigenvalue weighted by atomic mass is 10.2. The molecule has 1 aromatic heterocycles. The van der Waals surface area contributed by atoms with Gasteiger partial charge in [-0.1, -0.05) is 37.3 Å². The van der Waals surface area contributed by atoms with Crippen LogP contribution in [0.2, 0.25) is 0 Å². The van der Waals surface area contributed by atoms with Crippen LogP contribution in [0.25, 0.3) is 10.2 Å². The quantitative estimate of drug-likeness (QED) is 0.826. The molecule has 0 spiro atoms. The van der Waals surface area contributed by atoms with Crippen LogP contribution in [-0.4, -0.2) is 65.6 Å². The number of nitrogens with zero attached hydrogens (tertiary/aromatic N) is 3. The number of amides is 2. The smallest absolute Gasteiger partial charge is 0.409 e. The van der Waals surface area contributed by atoms with E-state index in [2.05, 4.69) is 15.2 Å². The molecule has 0 bridgehead atoms. The molecule has 0 saturated carbocycles. The largest absolute Gasteiger partial charge is 0.449 e. The molecule has 2 aromatic rings. The zero-order valence-electron chi connectivity index (χ0n) is 16.7. The van der Waals surface area contributed by atoms with Gasteiger partial charge in [-0.05, 0) is 31.4 Å². The van der Waals surface area contributed by atoms with Crippen molar-refractivity contribution >= 4 is 38.7 Å². The van der Waals surface area contributed by atoms with Crippen LogP contribution in [0.4, 0.5) is 9.93 Å². The third-order valence-corrected chi connectivity index (χ3v) is 5.73. The van der Waals surface area contributed by atoms with Gasteiger partial charge in [0.05, 0.1) is 22.9 Å². The molecule has 1 atom stereocenters. The molecular weight excluding hydrogens is 376 g/mol. The van der Waals surface area contributed by atoms with E-state index in [4.69, 9.17) is 4.74 Å². The van der Waals surface area contributed by atoms with Crippen LogP contribution in [-0.2, 0) is 9.53 Å². The Morgan fingerprint density at radius 2 is 1.96 bits per heavy atom. The number of fused-ring (bicyclic) bond motifs is 1. The number of carbonyl (C=O) groups is 2. The summed E-state index contributed by atoms with van der Waals surface area (Å²) >= 11 is 1.47.